The van der Waals surface area contributed by atoms with Crippen molar-refractivity contribution >= 4 is 32.6 Å². The number of hydrogen-bond donors (Lipinski definition) is 1. The Morgan fingerprint density at radius 3 is 2.73 bits per heavy atom. The SMILES string of the molecule is C=CCO/N=C(/CS(=O)(=O)c1ccc(N)cc1)c1nccs1. The number of nitrogens with two attached hydrogens (primary N) is 1. The Labute approximate surface area is 132 Å². The first-order valence-electron chi connectivity index (χ1n) is 6.31. The number of oxime groups is 1. The van der Waals surface area contributed by atoms with E-state index in [-0.39, 0.29) is 23.0 Å². The van der Waals surface area contributed by atoms with E-state index in [0.29, 0.717) is 10.7 Å². The molecule has 0 amide bonds. The molecule has 0 atom stereocenters. The summed E-state index contributed by atoms with van der Waals surface area (Å²) in [5.74, 6) is -0.304. The molecule has 0 aliphatic rings. The molecule has 0 saturated heterocycles. The Morgan fingerprint density at radius 2 is 2.14 bits per heavy atom. The summed E-state index contributed by atoms with van der Waals surface area (Å²) < 4.78 is 24.9. The lowest BCUT2D eigenvalue weighted by atomic mass is 10.3. The van der Waals surface area contributed by atoms with Gasteiger partial charge in [0, 0.05) is 17.3 Å². The van der Waals surface area contributed by atoms with Gasteiger partial charge in [-0.3, -0.25) is 0 Å². The van der Waals surface area contributed by atoms with Crippen LogP contribution in [0.5, 0.6) is 0 Å². The predicted molar refractivity (Wildman–Crippen MR) is 87.7 cm³/mol. The summed E-state index contributed by atoms with van der Waals surface area (Å²) in [6.07, 6.45) is 3.11. The molecule has 0 unspecified atom stereocenters. The highest BCUT2D eigenvalue weighted by Crippen LogP contribution is 2.16. The molecule has 1 aromatic carbocycles. The summed E-state index contributed by atoms with van der Waals surface area (Å²) in [6, 6.07) is 6.02. The first-order chi connectivity index (χ1) is 10.5. The minimum absolute atomic E-state index is 0.176. The molecule has 1 heterocycles. The first kappa shape index (κ1) is 16.2. The smallest absolute Gasteiger partial charge is 0.184 e. The van der Waals surface area contributed by atoms with Crippen LogP contribution >= 0.6 is 11.3 Å². The molecule has 1 aromatic heterocycles. The fraction of sp³-hybridized carbons (Fsp3) is 0.143. The predicted octanol–water partition coefficient (Wildman–Crippen LogP) is 2.11. The van der Waals surface area contributed by atoms with Crippen LogP contribution < -0.4 is 5.73 Å². The average molecular weight is 337 g/mol. The number of nitrogen functional groups attached to an aromatic ring is 1. The maximum atomic E-state index is 12.5. The second-order valence-electron chi connectivity index (χ2n) is 4.29. The molecule has 0 spiro atoms. The maximum absolute atomic E-state index is 12.5. The van der Waals surface area contributed by atoms with Gasteiger partial charge in [-0.15, -0.1) is 11.3 Å². The van der Waals surface area contributed by atoms with Crippen LogP contribution in [0, 0.1) is 0 Å². The van der Waals surface area contributed by atoms with Gasteiger partial charge in [-0.2, -0.15) is 0 Å². The van der Waals surface area contributed by atoms with Gasteiger partial charge in [0.15, 0.2) is 9.84 Å². The molecule has 0 saturated carbocycles. The van der Waals surface area contributed by atoms with Gasteiger partial charge < -0.3 is 10.6 Å². The molecule has 2 aromatic rings. The van der Waals surface area contributed by atoms with Gasteiger partial charge in [-0.05, 0) is 24.3 Å². The van der Waals surface area contributed by atoms with E-state index >= 15 is 0 Å². The Kier molecular flexibility index (Phi) is 5.29. The Morgan fingerprint density at radius 1 is 1.41 bits per heavy atom. The highest BCUT2D eigenvalue weighted by Gasteiger charge is 2.21. The zero-order valence-electron chi connectivity index (χ0n) is 11.7. The van der Waals surface area contributed by atoms with E-state index in [2.05, 4.69) is 16.7 Å². The lowest BCUT2D eigenvalue weighted by Gasteiger charge is -2.06. The van der Waals surface area contributed by atoms with E-state index in [1.165, 1.54) is 29.5 Å². The van der Waals surface area contributed by atoms with Crippen molar-refractivity contribution in [1.29, 1.82) is 0 Å². The summed E-state index contributed by atoms with van der Waals surface area (Å²) in [6.45, 7) is 3.70. The molecule has 0 fully saturated rings. The van der Waals surface area contributed by atoms with Crippen LogP contribution in [0.3, 0.4) is 0 Å². The molecule has 6 nitrogen and oxygen atoms in total. The highest BCUT2D eigenvalue weighted by molar-refractivity contribution is 7.92. The van der Waals surface area contributed by atoms with E-state index in [0.717, 1.165) is 0 Å². The normalized spacial score (nSPS) is 12.1. The van der Waals surface area contributed by atoms with Crippen molar-refractivity contribution in [2.75, 3.05) is 18.1 Å². The molecule has 0 bridgehead atoms. The lowest BCUT2D eigenvalue weighted by molar-refractivity contribution is 0.175. The van der Waals surface area contributed by atoms with Crippen molar-refractivity contribution in [2.45, 2.75) is 4.90 Å². The summed E-state index contributed by atoms with van der Waals surface area (Å²) in [5, 5.41) is 6.12. The molecule has 2 rings (SSSR count). The van der Waals surface area contributed by atoms with Crippen molar-refractivity contribution in [3.8, 4) is 0 Å². The number of sulfone groups is 1. The quantitative estimate of drug-likeness (QED) is 0.274. The monoisotopic (exact) mass is 337 g/mol. The summed E-state index contributed by atoms with van der Waals surface area (Å²) in [7, 11) is -3.56. The molecular formula is C14H15N3O3S2. The number of nitrogens with zero attached hydrogens (tertiary/aromatic N) is 2. The zero-order valence-corrected chi connectivity index (χ0v) is 13.3. The van der Waals surface area contributed by atoms with Crippen LogP contribution in [0.2, 0.25) is 0 Å². The molecule has 22 heavy (non-hydrogen) atoms. The number of benzene rings is 1. The standard InChI is InChI=1S/C14H15N3O3S2/c1-2-8-20-17-13(14-16-7-9-21-14)10-22(18,19)12-5-3-11(15)4-6-12/h2-7,9H,1,8,10,15H2/b17-13-. The van der Waals surface area contributed by atoms with Gasteiger partial charge in [-0.1, -0.05) is 17.8 Å². The van der Waals surface area contributed by atoms with Crippen molar-refractivity contribution < 1.29 is 13.3 Å². The topological polar surface area (TPSA) is 94.6 Å². The van der Waals surface area contributed by atoms with Crippen LogP contribution in [0.1, 0.15) is 5.01 Å². The highest BCUT2D eigenvalue weighted by atomic mass is 32.2. The number of hydrogen-bond acceptors (Lipinski definition) is 7. The lowest BCUT2D eigenvalue weighted by Crippen LogP contribution is -2.18. The number of aromatic nitrogens is 1. The van der Waals surface area contributed by atoms with Crippen LogP contribution in [0.25, 0.3) is 0 Å². The van der Waals surface area contributed by atoms with Crippen LogP contribution in [0.4, 0.5) is 5.69 Å². The van der Waals surface area contributed by atoms with Crippen molar-refractivity contribution in [3.63, 3.8) is 0 Å². The third-order valence-corrected chi connectivity index (χ3v) is 5.08. The van der Waals surface area contributed by atoms with E-state index in [1.54, 1.807) is 23.7 Å². The van der Waals surface area contributed by atoms with Crippen molar-refractivity contribution in [1.82, 2.24) is 4.98 Å². The summed E-state index contributed by atoms with van der Waals surface area (Å²) in [5.41, 5.74) is 6.33. The summed E-state index contributed by atoms with van der Waals surface area (Å²) >= 11 is 1.30. The Hall–Kier alpha value is -2.19. The van der Waals surface area contributed by atoms with E-state index in [9.17, 15) is 8.42 Å². The van der Waals surface area contributed by atoms with Crippen molar-refractivity contribution in [3.05, 3.63) is 53.5 Å². The Balaban J connectivity index is 2.27. The maximum Gasteiger partial charge on any atom is 0.184 e. The van der Waals surface area contributed by atoms with Gasteiger partial charge in [-0.25, -0.2) is 13.4 Å². The second-order valence-corrected chi connectivity index (χ2v) is 7.17. The molecule has 0 aliphatic carbocycles. The molecule has 2 N–H and O–H groups in total. The van der Waals surface area contributed by atoms with Crippen LogP contribution in [-0.2, 0) is 14.7 Å². The second kappa shape index (κ2) is 7.19. The number of rotatable bonds is 7. The third-order valence-electron chi connectivity index (χ3n) is 2.61. The van der Waals surface area contributed by atoms with E-state index < -0.39 is 9.84 Å². The number of thiazole rings is 1. The van der Waals surface area contributed by atoms with Gasteiger partial charge in [0.2, 0.25) is 0 Å². The van der Waals surface area contributed by atoms with Gasteiger partial charge in [0.05, 0.1) is 4.90 Å². The molecule has 8 heteroatoms. The van der Waals surface area contributed by atoms with Gasteiger partial charge in [0.25, 0.3) is 0 Å². The van der Waals surface area contributed by atoms with Gasteiger partial charge >= 0.3 is 0 Å². The van der Waals surface area contributed by atoms with E-state index in [4.69, 9.17) is 10.6 Å². The summed E-state index contributed by atoms with van der Waals surface area (Å²) in [4.78, 5) is 9.28. The van der Waals surface area contributed by atoms with Gasteiger partial charge in [0.1, 0.15) is 23.1 Å². The third kappa shape index (κ3) is 4.15. The molecule has 0 aliphatic heterocycles. The largest absolute Gasteiger partial charge is 0.399 e. The first-order valence-corrected chi connectivity index (χ1v) is 8.84. The number of anilines is 1. The average Bonchev–Trinajstić information content (AvgIpc) is 3.01. The molecule has 116 valence electrons. The Bertz CT molecular complexity index is 751. The zero-order chi connectivity index (χ0) is 16.0. The minimum atomic E-state index is -3.56. The van der Waals surface area contributed by atoms with Crippen LogP contribution in [0.15, 0.2) is 58.5 Å². The van der Waals surface area contributed by atoms with E-state index in [1.807, 2.05) is 0 Å². The molecule has 0 radical (unpaired) electrons. The fourth-order valence-electron chi connectivity index (χ4n) is 1.60. The van der Waals surface area contributed by atoms with Crippen molar-refractivity contribution in [2.24, 2.45) is 5.16 Å². The minimum Gasteiger partial charge on any atom is -0.399 e. The molecular weight excluding hydrogens is 322 g/mol. The van der Waals surface area contributed by atoms with Crippen LogP contribution in [-0.4, -0.2) is 31.5 Å². The fourth-order valence-corrected chi connectivity index (χ4v) is 3.58.